The average Bonchev–Trinajstić information content (AvgIpc) is 2.72. The molecule has 1 unspecified atom stereocenters. The number of benzene rings is 2. The number of halogens is 1. The highest BCUT2D eigenvalue weighted by molar-refractivity contribution is 7.99. The van der Waals surface area contributed by atoms with Gasteiger partial charge in [-0.25, -0.2) is 9.18 Å². The van der Waals surface area contributed by atoms with Crippen molar-refractivity contribution in [2.24, 2.45) is 0 Å². The summed E-state index contributed by atoms with van der Waals surface area (Å²) in [6.45, 7) is 1.72. The Morgan fingerprint density at radius 1 is 1.21 bits per heavy atom. The minimum atomic E-state index is -0.517. The number of amides is 1. The van der Waals surface area contributed by atoms with Gasteiger partial charge in [-0.3, -0.25) is 18.7 Å². The van der Waals surface area contributed by atoms with Crippen LogP contribution in [-0.4, -0.2) is 20.8 Å². The zero-order valence-electron chi connectivity index (χ0n) is 15.9. The Labute approximate surface area is 170 Å². The number of carbonyl (C=O) groups excluding carboxylic acids is 1. The smallest absolute Gasteiger partial charge is 0.331 e. The number of hydrogen-bond acceptors (Lipinski definition) is 4. The van der Waals surface area contributed by atoms with Crippen LogP contribution in [0.25, 0.3) is 10.9 Å². The van der Waals surface area contributed by atoms with E-state index in [0.717, 1.165) is 20.8 Å². The van der Waals surface area contributed by atoms with Crippen molar-refractivity contribution in [2.45, 2.75) is 37.4 Å². The van der Waals surface area contributed by atoms with Crippen molar-refractivity contribution < 1.29 is 9.18 Å². The van der Waals surface area contributed by atoms with E-state index in [9.17, 15) is 18.8 Å². The number of thioether (sulfide) groups is 1. The fraction of sp³-hybridized carbons (Fsp3) is 0.286. The Kier molecular flexibility index (Phi) is 5.27. The number of aromatic nitrogens is 2. The third kappa shape index (κ3) is 3.60. The van der Waals surface area contributed by atoms with E-state index in [1.165, 1.54) is 16.7 Å². The van der Waals surface area contributed by atoms with Crippen LogP contribution in [0.4, 0.5) is 4.39 Å². The van der Waals surface area contributed by atoms with Crippen molar-refractivity contribution >= 4 is 28.6 Å². The first kappa shape index (κ1) is 19.4. The number of nitrogens with one attached hydrogen (secondary N) is 1. The third-order valence-corrected chi connectivity index (χ3v) is 6.22. The molecule has 1 amide bonds. The lowest BCUT2D eigenvalue weighted by Crippen LogP contribution is -2.43. The maximum absolute atomic E-state index is 13.7. The predicted octanol–water partition coefficient (Wildman–Crippen LogP) is 2.68. The molecule has 0 spiro atoms. The molecule has 4 rings (SSSR count). The van der Waals surface area contributed by atoms with E-state index in [1.807, 2.05) is 0 Å². The predicted molar refractivity (Wildman–Crippen MR) is 111 cm³/mol. The zero-order chi connectivity index (χ0) is 20.5. The zero-order valence-corrected chi connectivity index (χ0v) is 16.7. The highest BCUT2D eigenvalue weighted by Gasteiger charge is 2.23. The van der Waals surface area contributed by atoms with Gasteiger partial charge in [-0.05, 0) is 49.2 Å². The molecule has 0 bridgehead atoms. The molecule has 0 saturated carbocycles. The van der Waals surface area contributed by atoms with E-state index >= 15 is 0 Å². The molecule has 1 aromatic heterocycles. The van der Waals surface area contributed by atoms with Crippen LogP contribution in [0.5, 0.6) is 0 Å². The van der Waals surface area contributed by atoms with E-state index in [4.69, 9.17) is 0 Å². The summed E-state index contributed by atoms with van der Waals surface area (Å²) < 4.78 is 16.1. The lowest BCUT2D eigenvalue weighted by Gasteiger charge is -2.26. The van der Waals surface area contributed by atoms with Gasteiger partial charge in [0.25, 0.3) is 5.56 Å². The van der Waals surface area contributed by atoms with E-state index in [1.54, 1.807) is 49.0 Å². The molecule has 0 aliphatic carbocycles. The first-order chi connectivity index (χ1) is 14.0. The largest absolute Gasteiger partial charge is 0.348 e. The molecule has 1 atom stereocenters. The van der Waals surface area contributed by atoms with Gasteiger partial charge in [-0.1, -0.05) is 12.1 Å². The highest BCUT2D eigenvalue weighted by atomic mass is 32.2. The second-order valence-corrected chi connectivity index (χ2v) is 8.01. The molecule has 1 aliphatic heterocycles. The molecule has 1 aliphatic rings. The number of fused-ring (bicyclic) bond motifs is 2. The van der Waals surface area contributed by atoms with Crippen LogP contribution in [0.1, 0.15) is 24.9 Å². The number of nitrogens with zero attached hydrogens (tertiary/aromatic N) is 2. The summed E-state index contributed by atoms with van der Waals surface area (Å²) in [5.74, 6) is 0.112. The molecule has 0 fully saturated rings. The van der Waals surface area contributed by atoms with Crippen LogP contribution in [0.15, 0.2) is 56.9 Å². The number of hydrogen-bond donors (Lipinski definition) is 1. The lowest BCUT2D eigenvalue weighted by atomic mass is 10.0. The minimum absolute atomic E-state index is 0.214. The monoisotopic (exact) mass is 413 g/mol. The maximum Gasteiger partial charge on any atom is 0.331 e. The fourth-order valence-corrected chi connectivity index (χ4v) is 4.81. The van der Waals surface area contributed by atoms with Gasteiger partial charge in [0.15, 0.2) is 0 Å². The molecule has 0 radical (unpaired) electrons. The Morgan fingerprint density at radius 3 is 2.79 bits per heavy atom. The standard InChI is InChI=1S/C21H20FN3O3S/c1-2-24-20(27)14-5-3-4-6-17(14)25(21(24)28)12-19(26)23-16-9-10-29-18-8-7-13(22)11-15(16)18/h3-8,11,16H,2,9-10,12H2,1H3,(H,23,26). The molecular formula is C21H20FN3O3S. The van der Waals surface area contributed by atoms with Crippen molar-refractivity contribution in [3.63, 3.8) is 0 Å². The summed E-state index contributed by atoms with van der Waals surface area (Å²) in [5.41, 5.74) is 0.300. The van der Waals surface area contributed by atoms with Crippen molar-refractivity contribution in [3.05, 3.63) is 74.7 Å². The molecule has 3 aromatic rings. The molecule has 29 heavy (non-hydrogen) atoms. The van der Waals surface area contributed by atoms with Gasteiger partial charge in [-0.2, -0.15) is 0 Å². The Morgan fingerprint density at radius 2 is 2.00 bits per heavy atom. The van der Waals surface area contributed by atoms with E-state index in [-0.39, 0.29) is 36.4 Å². The average molecular weight is 413 g/mol. The molecule has 8 heteroatoms. The Bertz CT molecular complexity index is 1220. The Balaban J connectivity index is 1.67. The van der Waals surface area contributed by atoms with Crippen LogP contribution in [0.2, 0.25) is 0 Å². The molecular weight excluding hydrogens is 393 g/mol. The summed E-state index contributed by atoms with van der Waals surface area (Å²) in [4.78, 5) is 39.1. The van der Waals surface area contributed by atoms with Crippen LogP contribution in [0, 0.1) is 5.82 Å². The van der Waals surface area contributed by atoms with Crippen LogP contribution < -0.4 is 16.6 Å². The fourth-order valence-electron chi connectivity index (χ4n) is 3.70. The number of para-hydroxylation sites is 1. The second-order valence-electron chi connectivity index (χ2n) is 6.87. The maximum atomic E-state index is 13.7. The normalized spacial score (nSPS) is 15.9. The van der Waals surface area contributed by atoms with Gasteiger partial charge in [0.2, 0.25) is 5.91 Å². The van der Waals surface area contributed by atoms with Crippen LogP contribution in [-0.2, 0) is 17.9 Å². The first-order valence-corrected chi connectivity index (χ1v) is 10.4. The van der Waals surface area contributed by atoms with E-state index < -0.39 is 5.69 Å². The third-order valence-electron chi connectivity index (χ3n) is 5.10. The minimum Gasteiger partial charge on any atom is -0.348 e. The summed E-state index contributed by atoms with van der Waals surface area (Å²) in [5, 5.41) is 3.32. The van der Waals surface area contributed by atoms with Gasteiger partial charge < -0.3 is 5.32 Å². The SMILES string of the molecule is CCn1c(=O)c2ccccc2n(CC(=O)NC2CCSc3ccc(F)cc32)c1=O. The molecule has 150 valence electrons. The van der Waals surface area contributed by atoms with Crippen LogP contribution >= 0.6 is 11.8 Å². The highest BCUT2D eigenvalue weighted by Crippen LogP contribution is 2.36. The van der Waals surface area contributed by atoms with Crippen LogP contribution in [0.3, 0.4) is 0 Å². The van der Waals surface area contributed by atoms with Gasteiger partial charge in [-0.15, -0.1) is 11.8 Å². The van der Waals surface area contributed by atoms with Gasteiger partial charge >= 0.3 is 5.69 Å². The topological polar surface area (TPSA) is 73.1 Å². The van der Waals surface area contributed by atoms with Gasteiger partial charge in [0, 0.05) is 17.2 Å². The lowest BCUT2D eigenvalue weighted by molar-refractivity contribution is -0.122. The Hall–Kier alpha value is -2.87. The first-order valence-electron chi connectivity index (χ1n) is 9.43. The molecule has 2 aromatic carbocycles. The van der Waals surface area contributed by atoms with Crippen molar-refractivity contribution in [3.8, 4) is 0 Å². The van der Waals surface area contributed by atoms with E-state index in [2.05, 4.69) is 5.32 Å². The van der Waals surface area contributed by atoms with Gasteiger partial charge in [0.05, 0.1) is 16.9 Å². The number of rotatable bonds is 4. The van der Waals surface area contributed by atoms with Crippen molar-refractivity contribution in [1.29, 1.82) is 0 Å². The molecule has 1 N–H and O–H groups in total. The van der Waals surface area contributed by atoms with Crippen molar-refractivity contribution in [1.82, 2.24) is 14.5 Å². The molecule has 6 nitrogen and oxygen atoms in total. The summed E-state index contributed by atoms with van der Waals surface area (Å²) in [7, 11) is 0. The summed E-state index contributed by atoms with van der Waals surface area (Å²) in [6.07, 6.45) is 0.678. The van der Waals surface area contributed by atoms with E-state index in [0.29, 0.717) is 17.3 Å². The second kappa shape index (κ2) is 7.87. The quantitative estimate of drug-likeness (QED) is 0.714. The van der Waals surface area contributed by atoms with Gasteiger partial charge in [0.1, 0.15) is 12.4 Å². The molecule has 2 heterocycles. The number of carbonyl (C=O) groups is 1. The summed E-state index contributed by atoms with van der Waals surface area (Å²) in [6, 6.07) is 11.0. The molecule has 0 saturated heterocycles. The summed E-state index contributed by atoms with van der Waals surface area (Å²) >= 11 is 1.63. The van der Waals surface area contributed by atoms with Crippen molar-refractivity contribution in [2.75, 3.05) is 5.75 Å².